The molecule has 2 aliphatic carbocycles. The van der Waals surface area contributed by atoms with Crippen LogP contribution in [0.1, 0.15) is 68.3 Å². The molecule has 6 nitrogen and oxygen atoms in total. The standard InChI is InChI=1S/C29H43N5OS.2ClH.Mn/c1-35-24-12-10-21(11-13-24)20-36-25-16-22-18-32-28-8-4-2-6-26(28)30-14-15-31-27-7-3-5-9-29(27)33-19-23(17-25)34-22;;;/h10-13,16-17,26-33H,2-9,14-15,18-20H2,1H3;2*1H;/q;;;+2/p-2/t26-,27-,28-,29-;;;/m1.../s1. The summed E-state index contributed by atoms with van der Waals surface area (Å²) >= 11 is 1.90. The van der Waals surface area contributed by atoms with Crippen LogP contribution in [0.4, 0.5) is 0 Å². The molecule has 4 N–H and O–H groups in total. The summed E-state index contributed by atoms with van der Waals surface area (Å²) in [5.74, 6) is 1.85. The first-order valence-corrected chi connectivity index (χ1v) is 18.5. The van der Waals surface area contributed by atoms with Crippen LogP contribution in [0.5, 0.6) is 5.75 Å². The average Bonchev–Trinajstić information content (AvgIpc) is 2.98. The Bertz CT molecular complexity index is 940. The minimum absolute atomic E-state index is 0.00694. The van der Waals surface area contributed by atoms with Crippen molar-refractivity contribution in [2.24, 2.45) is 0 Å². The maximum absolute atomic E-state index is 5.31. The monoisotopic (exact) mass is 634 g/mol. The van der Waals surface area contributed by atoms with Crippen LogP contribution in [-0.2, 0) is 32.0 Å². The number of ether oxygens (including phenoxy) is 1. The Morgan fingerprint density at radius 1 is 0.795 bits per heavy atom. The van der Waals surface area contributed by atoms with Crippen molar-refractivity contribution < 1.29 is 17.9 Å². The molecule has 2 heterocycles. The Labute approximate surface area is 253 Å². The molecule has 0 amide bonds. The molecular weight excluding hydrogens is 592 g/mol. The van der Waals surface area contributed by atoms with Crippen LogP contribution in [0, 0.1) is 0 Å². The molecule has 1 aromatic heterocycles. The molecule has 39 heavy (non-hydrogen) atoms. The van der Waals surface area contributed by atoms with Crippen LogP contribution in [0.25, 0.3) is 0 Å². The van der Waals surface area contributed by atoms with E-state index in [1.807, 2.05) is 23.9 Å². The number of rotatable bonds is 4. The number of aromatic nitrogens is 1. The van der Waals surface area contributed by atoms with E-state index in [9.17, 15) is 0 Å². The van der Waals surface area contributed by atoms with Gasteiger partial charge in [0.15, 0.2) is 0 Å². The fourth-order valence-electron chi connectivity index (χ4n) is 6.00. The summed E-state index contributed by atoms with van der Waals surface area (Å²) in [5.41, 5.74) is 3.62. The van der Waals surface area contributed by atoms with Gasteiger partial charge in [-0.05, 0) is 55.5 Å². The summed E-state index contributed by atoms with van der Waals surface area (Å²) in [6, 6.07) is 15.1. The first-order valence-electron chi connectivity index (χ1n) is 14.2. The molecule has 10 heteroatoms. The molecule has 0 unspecified atom stereocenters. The van der Waals surface area contributed by atoms with Crippen LogP contribution in [0.2, 0.25) is 0 Å². The van der Waals surface area contributed by atoms with Gasteiger partial charge < -0.3 is 26.0 Å². The Balaban J connectivity index is 0.00000112. The minimum atomic E-state index is 0.00694. The Kier molecular flexibility index (Phi) is 14.0. The predicted octanol–water partition coefficient (Wildman–Crippen LogP) is 5.75. The van der Waals surface area contributed by atoms with E-state index < -0.39 is 0 Å². The summed E-state index contributed by atoms with van der Waals surface area (Å²) in [6.45, 7) is 3.75. The number of benzene rings is 1. The van der Waals surface area contributed by atoms with Gasteiger partial charge in [0.2, 0.25) is 0 Å². The molecule has 2 saturated carbocycles. The van der Waals surface area contributed by atoms with Gasteiger partial charge >= 0.3 is 33.3 Å². The topological polar surface area (TPSA) is 70.2 Å². The second-order valence-corrected chi connectivity index (χ2v) is 13.6. The molecule has 1 aliphatic heterocycles. The van der Waals surface area contributed by atoms with Gasteiger partial charge in [0.1, 0.15) is 5.75 Å². The van der Waals surface area contributed by atoms with Gasteiger partial charge in [0.25, 0.3) is 0 Å². The van der Waals surface area contributed by atoms with E-state index in [4.69, 9.17) is 29.9 Å². The quantitative estimate of drug-likeness (QED) is 0.252. The van der Waals surface area contributed by atoms with Crippen LogP contribution >= 0.6 is 32.0 Å². The number of pyridine rings is 1. The second kappa shape index (κ2) is 17.4. The molecule has 5 rings (SSSR count). The van der Waals surface area contributed by atoms with E-state index >= 15 is 0 Å². The number of halogens is 2. The number of nitrogens with zero attached hydrogens (tertiary/aromatic N) is 1. The molecule has 4 atom stereocenters. The molecule has 0 saturated heterocycles. The van der Waals surface area contributed by atoms with Crippen LogP contribution in [0.15, 0.2) is 41.3 Å². The first kappa shape index (κ1) is 31.4. The number of thioether (sulfide) groups is 1. The molecule has 3 aliphatic rings. The summed E-state index contributed by atoms with van der Waals surface area (Å²) in [4.78, 5) is 6.40. The van der Waals surface area contributed by atoms with Gasteiger partial charge in [-0.2, -0.15) is 0 Å². The zero-order valence-corrected chi connectivity index (χ0v) is 26.4. The molecule has 2 bridgehead atoms. The van der Waals surface area contributed by atoms with E-state index in [0.717, 1.165) is 49.1 Å². The van der Waals surface area contributed by atoms with Crippen molar-refractivity contribution in [2.45, 2.75) is 99.3 Å². The van der Waals surface area contributed by atoms with Crippen molar-refractivity contribution in [1.82, 2.24) is 26.3 Å². The molecule has 1 aromatic carbocycles. The second-order valence-electron chi connectivity index (χ2n) is 10.6. The van der Waals surface area contributed by atoms with E-state index in [1.165, 1.54) is 61.8 Å². The summed E-state index contributed by atoms with van der Waals surface area (Å²) in [6.07, 6.45) is 10.3. The zero-order chi connectivity index (χ0) is 27.3. The molecule has 0 radical (unpaired) electrons. The van der Waals surface area contributed by atoms with Crippen molar-refractivity contribution >= 4 is 32.0 Å². The Morgan fingerprint density at radius 3 is 1.72 bits per heavy atom. The summed E-state index contributed by atoms with van der Waals surface area (Å²) < 4.78 is 5.31. The SMILES string of the molecule is COc1ccc(CSc2cc3nc(c2)CN[C@@H]2CCCC[C@H]2NCCN[C@@H]2CCCC[C@H]2NC3)cc1.[Cl][Mn][Cl]. The molecule has 0 spiro atoms. The normalized spacial score (nSPS) is 26.0. The van der Waals surface area contributed by atoms with Gasteiger partial charge in [0.05, 0.1) is 18.5 Å². The molecule has 2 aromatic rings. The van der Waals surface area contributed by atoms with Gasteiger partial charge in [-0.15, -0.1) is 11.8 Å². The predicted molar refractivity (Wildman–Crippen MR) is 160 cm³/mol. The molecule has 217 valence electrons. The van der Waals surface area contributed by atoms with Crippen molar-refractivity contribution in [3.8, 4) is 5.75 Å². The Morgan fingerprint density at radius 2 is 1.26 bits per heavy atom. The van der Waals surface area contributed by atoms with E-state index in [-0.39, 0.29) is 13.1 Å². The van der Waals surface area contributed by atoms with Crippen molar-refractivity contribution in [3.05, 3.63) is 53.3 Å². The van der Waals surface area contributed by atoms with Gasteiger partial charge in [-0.25, -0.2) is 0 Å². The van der Waals surface area contributed by atoms with Crippen molar-refractivity contribution in [1.29, 1.82) is 0 Å². The first-order chi connectivity index (χ1) is 19.2. The average molecular weight is 636 g/mol. The van der Waals surface area contributed by atoms with Gasteiger partial charge in [-0.1, -0.05) is 37.8 Å². The molecular formula is C29H43Cl2MnN5OS. The van der Waals surface area contributed by atoms with Crippen molar-refractivity contribution in [2.75, 3.05) is 20.2 Å². The van der Waals surface area contributed by atoms with E-state index in [0.29, 0.717) is 24.2 Å². The van der Waals surface area contributed by atoms with Gasteiger partial charge in [-0.3, -0.25) is 4.98 Å². The fourth-order valence-corrected chi connectivity index (χ4v) is 6.96. The van der Waals surface area contributed by atoms with Crippen LogP contribution < -0.4 is 26.0 Å². The number of fused-ring (bicyclic) bond motifs is 4. The van der Waals surface area contributed by atoms with E-state index in [2.05, 4.69) is 45.5 Å². The van der Waals surface area contributed by atoms with Gasteiger partial charge in [0, 0.05) is 61.0 Å². The third-order valence-electron chi connectivity index (χ3n) is 8.03. The number of hydrogen-bond donors (Lipinski definition) is 4. The van der Waals surface area contributed by atoms with E-state index in [1.54, 1.807) is 7.11 Å². The third kappa shape index (κ3) is 10.4. The maximum atomic E-state index is 5.31. The van der Waals surface area contributed by atoms with Crippen molar-refractivity contribution in [3.63, 3.8) is 0 Å². The fraction of sp³-hybridized carbons (Fsp3) is 0.621. The Hall–Kier alpha value is -0.541. The van der Waals surface area contributed by atoms with Crippen LogP contribution in [0.3, 0.4) is 0 Å². The summed E-state index contributed by atoms with van der Waals surface area (Å²) in [5, 5.41) is 15.5. The van der Waals surface area contributed by atoms with Crippen LogP contribution in [-0.4, -0.2) is 49.4 Å². The zero-order valence-electron chi connectivity index (χ0n) is 22.9. The number of nitrogens with one attached hydrogen (secondary N) is 4. The molecule has 2 fully saturated rings. The third-order valence-corrected chi connectivity index (χ3v) is 9.08. The number of methoxy groups -OCH3 is 1. The summed E-state index contributed by atoms with van der Waals surface area (Å²) in [7, 11) is 11.3. The number of hydrogen-bond acceptors (Lipinski definition) is 7.